The fourth-order valence-electron chi connectivity index (χ4n) is 4.37. The summed E-state index contributed by atoms with van der Waals surface area (Å²) >= 11 is 0. The van der Waals surface area contributed by atoms with Gasteiger partial charge < -0.3 is 14.5 Å². The average molecular weight is 425 g/mol. The third-order valence-corrected chi connectivity index (χ3v) is 6.60. The maximum atomic E-state index is 12.9. The number of ether oxygens (including phenoxy) is 1. The van der Waals surface area contributed by atoms with Gasteiger partial charge in [-0.15, -0.1) is 0 Å². The topological polar surface area (TPSA) is 88.8 Å². The first-order chi connectivity index (χ1) is 14.9. The van der Waals surface area contributed by atoms with Gasteiger partial charge in [0.1, 0.15) is 17.1 Å². The summed E-state index contributed by atoms with van der Waals surface area (Å²) in [5.41, 5.74) is 2.39. The molecule has 1 aliphatic carbocycles. The van der Waals surface area contributed by atoms with Crippen LogP contribution in [0.3, 0.4) is 0 Å². The molecule has 2 amide bonds. The van der Waals surface area contributed by atoms with E-state index in [0.29, 0.717) is 31.0 Å². The Labute approximate surface area is 181 Å². The summed E-state index contributed by atoms with van der Waals surface area (Å²) in [5, 5.41) is 7.63. The van der Waals surface area contributed by atoms with Gasteiger partial charge in [-0.25, -0.2) is 4.63 Å². The van der Waals surface area contributed by atoms with Crippen LogP contribution < -0.4 is 4.74 Å². The number of benzene rings is 1. The summed E-state index contributed by atoms with van der Waals surface area (Å²) in [5.74, 6) is 0.975. The Hall–Kier alpha value is -3.16. The van der Waals surface area contributed by atoms with Crippen LogP contribution in [0.4, 0.5) is 0 Å². The predicted octanol–water partition coefficient (Wildman–Crippen LogP) is 2.69. The van der Waals surface area contributed by atoms with E-state index >= 15 is 0 Å². The van der Waals surface area contributed by atoms with E-state index in [1.165, 1.54) is 0 Å². The summed E-state index contributed by atoms with van der Waals surface area (Å²) in [7, 11) is 3.42. The Bertz CT molecular complexity index is 974. The number of aryl methyl sites for hydroxylation is 1. The predicted molar refractivity (Wildman–Crippen MR) is 114 cm³/mol. The largest absolute Gasteiger partial charge is 0.497 e. The Morgan fingerprint density at radius 3 is 2.58 bits per heavy atom. The number of piperidine rings is 1. The van der Waals surface area contributed by atoms with Gasteiger partial charge >= 0.3 is 0 Å². The van der Waals surface area contributed by atoms with Crippen LogP contribution in [0.25, 0.3) is 6.08 Å². The second kappa shape index (κ2) is 8.53. The minimum atomic E-state index is 0.0142. The summed E-state index contributed by atoms with van der Waals surface area (Å²) < 4.78 is 9.87. The number of rotatable bonds is 6. The third-order valence-electron chi connectivity index (χ3n) is 6.60. The molecule has 1 aromatic heterocycles. The van der Waals surface area contributed by atoms with Gasteiger partial charge in [-0.1, -0.05) is 22.4 Å². The van der Waals surface area contributed by atoms with E-state index in [2.05, 4.69) is 10.3 Å². The highest BCUT2D eigenvalue weighted by Crippen LogP contribution is 2.60. The van der Waals surface area contributed by atoms with Gasteiger partial charge in [0.2, 0.25) is 11.8 Å². The van der Waals surface area contributed by atoms with Crippen molar-refractivity contribution in [2.75, 3.05) is 27.2 Å². The number of hydrogen-bond donors (Lipinski definition) is 0. The molecule has 1 spiro atoms. The molecule has 2 aliphatic rings. The third kappa shape index (κ3) is 4.47. The SMILES string of the molecule is COc1ccc(/C=C/C(=O)N2CCC3(CC2)C[C@@H]3C(=O)N(C)Cc2nonc2C)cc1. The van der Waals surface area contributed by atoms with E-state index in [1.807, 2.05) is 42.2 Å². The summed E-state index contributed by atoms with van der Waals surface area (Å²) in [4.78, 5) is 29.0. The molecule has 1 aliphatic heterocycles. The van der Waals surface area contributed by atoms with Crippen molar-refractivity contribution in [3.05, 3.63) is 47.3 Å². The normalized spacial score (nSPS) is 19.6. The molecule has 2 heterocycles. The maximum absolute atomic E-state index is 12.9. The highest BCUT2D eigenvalue weighted by atomic mass is 16.6. The molecule has 1 saturated carbocycles. The number of aromatic nitrogens is 2. The van der Waals surface area contributed by atoms with Gasteiger partial charge in [0.15, 0.2) is 0 Å². The fourth-order valence-corrected chi connectivity index (χ4v) is 4.37. The molecule has 31 heavy (non-hydrogen) atoms. The second-order valence-electron chi connectivity index (χ2n) is 8.54. The zero-order valence-corrected chi connectivity index (χ0v) is 18.2. The lowest BCUT2D eigenvalue weighted by Crippen LogP contribution is -2.40. The number of amides is 2. The summed E-state index contributed by atoms with van der Waals surface area (Å²) in [6.45, 7) is 3.59. The van der Waals surface area contributed by atoms with E-state index in [9.17, 15) is 9.59 Å². The Morgan fingerprint density at radius 2 is 1.97 bits per heavy atom. The van der Waals surface area contributed by atoms with E-state index in [-0.39, 0.29) is 23.1 Å². The van der Waals surface area contributed by atoms with Crippen molar-refractivity contribution in [3.8, 4) is 5.75 Å². The van der Waals surface area contributed by atoms with Crippen LogP contribution >= 0.6 is 0 Å². The first-order valence-corrected chi connectivity index (χ1v) is 10.6. The Morgan fingerprint density at radius 1 is 1.26 bits per heavy atom. The van der Waals surface area contributed by atoms with Gasteiger partial charge in [-0.05, 0) is 55.4 Å². The lowest BCUT2D eigenvalue weighted by atomic mass is 9.90. The van der Waals surface area contributed by atoms with Gasteiger partial charge in [0.25, 0.3) is 0 Å². The van der Waals surface area contributed by atoms with Crippen LogP contribution in [0, 0.1) is 18.3 Å². The highest BCUT2D eigenvalue weighted by Gasteiger charge is 2.59. The van der Waals surface area contributed by atoms with E-state index < -0.39 is 0 Å². The molecule has 1 atom stereocenters. The van der Waals surface area contributed by atoms with Crippen LogP contribution in [0.5, 0.6) is 5.75 Å². The molecular weight excluding hydrogens is 396 g/mol. The van der Waals surface area contributed by atoms with Crippen molar-refractivity contribution >= 4 is 17.9 Å². The quantitative estimate of drug-likeness (QED) is 0.663. The molecule has 1 aromatic carbocycles. The number of methoxy groups -OCH3 is 1. The Balaban J connectivity index is 1.27. The zero-order chi connectivity index (χ0) is 22.0. The van der Waals surface area contributed by atoms with Gasteiger partial charge in [-0.2, -0.15) is 0 Å². The van der Waals surface area contributed by atoms with Gasteiger partial charge in [0, 0.05) is 32.1 Å². The summed E-state index contributed by atoms with van der Waals surface area (Å²) in [6.07, 6.45) is 6.08. The molecule has 1 saturated heterocycles. The molecular formula is C23H28N4O4. The number of hydrogen-bond acceptors (Lipinski definition) is 6. The van der Waals surface area contributed by atoms with Crippen LogP contribution in [0.1, 0.15) is 36.2 Å². The lowest BCUT2D eigenvalue weighted by molar-refractivity contribution is -0.133. The smallest absolute Gasteiger partial charge is 0.246 e. The number of carbonyl (C=O) groups is 2. The van der Waals surface area contributed by atoms with Crippen molar-refractivity contribution in [2.24, 2.45) is 11.3 Å². The van der Waals surface area contributed by atoms with Crippen LogP contribution in [-0.2, 0) is 16.1 Å². The van der Waals surface area contributed by atoms with Gasteiger partial charge in [0.05, 0.1) is 13.7 Å². The zero-order valence-electron chi connectivity index (χ0n) is 18.2. The van der Waals surface area contributed by atoms with Crippen molar-refractivity contribution in [1.29, 1.82) is 0 Å². The lowest BCUT2D eigenvalue weighted by Gasteiger charge is -2.32. The molecule has 2 aromatic rings. The molecule has 0 N–H and O–H groups in total. The van der Waals surface area contributed by atoms with Crippen molar-refractivity contribution in [3.63, 3.8) is 0 Å². The number of likely N-dealkylation sites (tertiary alicyclic amines) is 1. The standard InChI is InChI=1S/C23H28N4O4/c1-16-20(25-31-24-16)15-26(2)22(29)19-14-23(19)10-12-27(13-11-23)21(28)9-6-17-4-7-18(30-3)8-5-17/h4-9,19H,10-15H2,1-3H3/b9-6+/t19-/m1/s1. The Kier molecular flexibility index (Phi) is 5.80. The van der Waals surface area contributed by atoms with Crippen molar-refractivity contribution in [2.45, 2.75) is 32.7 Å². The molecule has 4 rings (SSSR count). The van der Waals surface area contributed by atoms with E-state index in [4.69, 9.17) is 9.37 Å². The van der Waals surface area contributed by atoms with Crippen LogP contribution in [-0.4, -0.2) is 59.2 Å². The second-order valence-corrected chi connectivity index (χ2v) is 8.54. The monoisotopic (exact) mass is 424 g/mol. The molecule has 2 fully saturated rings. The van der Waals surface area contributed by atoms with Gasteiger partial charge in [-0.3, -0.25) is 9.59 Å². The first-order valence-electron chi connectivity index (χ1n) is 10.6. The molecule has 8 heteroatoms. The first kappa shape index (κ1) is 21.1. The van der Waals surface area contributed by atoms with E-state index in [1.54, 1.807) is 25.1 Å². The van der Waals surface area contributed by atoms with E-state index in [0.717, 1.165) is 30.6 Å². The molecule has 0 bridgehead atoms. The molecule has 0 unspecified atom stereocenters. The average Bonchev–Trinajstić information content (AvgIpc) is 3.33. The minimum absolute atomic E-state index is 0.0142. The molecule has 0 radical (unpaired) electrons. The van der Waals surface area contributed by atoms with Crippen LogP contribution in [0.2, 0.25) is 0 Å². The fraction of sp³-hybridized carbons (Fsp3) is 0.478. The number of nitrogens with zero attached hydrogens (tertiary/aromatic N) is 4. The molecule has 8 nitrogen and oxygen atoms in total. The van der Waals surface area contributed by atoms with Crippen molar-refractivity contribution < 1.29 is 19.0 Å². The van der Waals surface area contributed by atoms with Crippen LogP contribution in [0.15, 0.2) is 35.0 Å². The molecule has 164 valence electrons. The number of carbonyl (C=O) groups excluding carboxylic acids is 2. The van der Waals surface area contributed by atoms with Crippen molar-refractivity contribution in [1.82, 2.24) is 20.1 Å². The summed E-state index contributed by atoms with van der Waals surface area (Å²) in [6, 6.07) is 7.58. The minimum Gasteiger partial charge on any atom is -0.497 e. The highest BCUT2D eigenvalue weighted by molar-refractivity contribution is 5.92. The maximum Gasteiger partial charge on any atom is 0.246 e.